The molecule has 5 saturated carbocycles. The Morgan fingerprint density at radius 1 is 0.729 bits per heavy atom. The number of ether oxygens (including phenoxy) is 9. The molecule has 133 heavy (non-hydrogen) atoms. The highest BCUT2D eigenvalue weighted by Gasteiger charge is 2.70. The Labute approximate surface area is 771 Å². The van der Waals surface area contributed by atoms with E-state index in [4.69, 9.17) is 77.2 Å². The van der Waals surface area contributed by atoms with Crippen molar-refractivity contribution in [2.75, 3.05) is 53.6 Å². The number of rotatable bonds is 25. The average molecular weight is 1860 g/mol. The molecule has 7 aliphatic heterocycles. The number of likely N-dealkylation sites (N-methyl/N-ethyl adjacent to an activating group) is 1. The summed E-state index contributed by atoms with van der Waals surface area (Å²) in [6.45, 7) is 6.80. The van der Waals surface area contributed by atoms with Crippen molar-refractivity contribution < 1.29 is 116 Å². The van der Waals surface area contributed by atoms with Crippen molar-refractivity contribution in [2.24, 2.45) is 69.8 Å². The average Bonchev–Trinajstić information content (AvgIpc) is 1.51. The summed E-state index contributed by atoms with van der Waals surface area (Å²) < 4.78 is 59.5. The number of methoxy groups -OCH3 is 1. The largest absolute Gasteiger partial charge is 0.508 e. The molecule has 25 unspecified atom stereocenters. The van der Waals surface area contributed by atoms with Crippen molar-refractivity contribution in [3.8, 4) is 57.1 Å². The molecule has 38 heteroatoms. The molecule has 37 nitrogen and oxygen atoms in total. The van der Waals surface area contributed by atoms with Crippen LogP contribution in [0.4, 0.5) is 0 Å². The van der Waals surface area contributed by atoms with Crippen molar-refractivity contribution in [3.63, 3.8) is 0 Å². The van der Waals surface area contributed by atoms with E-state index in [0.29, 0.717) is 18.4 Å². The van der Waals surface area contributed by atoms with Gasteiger partial charge in [-0.05, 0) is 242 Å². The molecule has 9 amide bonds. The van der Waals surface area contributed by atoms with Gasteiger partial charge in [0.1, 0.15) is 91.2 Å². The van der Waals surface area contributed by atoms with Gasteiger partial charge in [0, 0.05) is 62.3 Å². The Balaban J connectivity index is 0.838. The highest BCUT2D eigenvalue weighted by molar-refractivity contribution is 6.32. The summed E-state index contributed by atoms with van der Waals surface area (Å²) in [7, 11) is 3.06. The first-order chi connectivity index (χ1) is 63.6. The molecule has 8 fully saturated rings. The van der Waals surface area contributed by atoms with Crippen molar-refractivity contribution in [2.45, 2.75) is 214 Å². The number of aryl methyl sites for hydroxylation is 1. The second kappa shape index (κ2) is 38.2. The number of phenols is 1. The molecule has 0 aromatic heterocycles. The molecule has 12 bridgehead atoms. The highest BCUT2D eigenvalue weighted by Crippen LogP contribution is 2.75. The van der Waals surface area contributed by atoms with Gasteiger partial charge in [0.05, 0.1) is 48.8 Å². The predicted octanol–water partition coefficient (Wildman–Crippen LogP) is 3.40. The lowest BCUT2D eigenvalue weighted by atomic mass is 9.55. The van der Waals surface area contributed by atoms with E-state index in [1.54, 1.807) is 14.0 Å². The van der Waals surface area contributed by atoms with Crippen molar-refractivity contribution in [3.05, 3.63) is 152 Å². The molecule has 25 atom stereocenters. The third-order valence-corrected chi connectivity index (χ3v) is 28.8. The van der Waals surface area contributed by atoms with Crippen LogP contribution in [0.1, 0.15) is 183 Å². The predicted molar refractivity (Wildman–Crippen MR) is 475 cm³/mol. The van der Waals surface area contributed by atoms with E-state index in [1.807, 2.05) is 20.8 Å². The Hall–Kier alpha value is -10.7. The van der Waals surface area contributed by atoms with Crippen LogP contribution in [-0.4, -0.2) is 216 Å². The second-order valence-corrected chi connectivity index (χ2v) is 38.5. The normalized spacial score (nSPS) is 32.0. The lowest BCUT2D eigenvalue weighted by Crippen LogP contribution is -2.65. The fraction of sp³-hybridized carbons (Fsp3) is 0.526. The highest BCUT2D eigenvalue weighted by atomic mass is 35.5. The zero-order valence-electron chi connectivity index (χ0n) is 74.4. The summed E-state index contributed by atoms with van der Waals surface area (Å²) in [4.78, 5) is 138. The first-order valence-corrected chi connectivity index (χ1v) is 45.9. The number of aliphatic hydroxyl groups is 5. The van der Waals surface area contributed by atoms with Gasteiger partial charge < -0.3 is 139 Å². The van der Waals surface area contributed by atoms with Gasteiger partial charge in [-0.15, -0.1) is 0 Å². The van der Waals surface area contributed by atoms with E-state index in [-0.39, 0.29) is 163 Å². The SMILES string of the molecule is CNC(CC(C)C)C(=O)NC1C(=O)NC(CC(=O)NC(=O)c2ccc(OCCN)c(OCCN)c2)C(=O)NC2C(=O)NC(C(N)=O)c3ccc4c(c3)-c3c(cc(O)cc3C4O)C(C(=O)NC3C4CC5CC6CC3C6(C5)C4)NC(=O)CC(O)c3ccc(c(Cl)c3)Oc3cc2cc(c3OC2OC(CO)C(O)C(C3CN3)C2OC2CC(C)(N)C(OC)C(C3CC3)O2)Oc2ccc(cc2C)C1O. The molecular formula is C95H116ClN13O24. The van der Waals surface area contributed by atoms with Crippen LogP contribution in [0, 0.1) is 53.8 Å². The lowest BCUT2D eigenvalue weighted by Gasteiger charge is -2.50. The van der Waals surface area contributed by atoms with Crippen LogP contribution in [0.2, 0.25) is 5.02 Å². The van der Waals surface area contributed by atoms with Crippen molar-refractivity contribution in [1.82, 2.24) is 47.9 Å². The lowest BCUT2D eigenvalue weighted by molar-refractivity contribution is -0.329. The number of carbonyl (C=O) groups excluding carboxylic acids is 9. The molecule has 13 aliphatic rings. The number of hydrogen-bond donors (Lipinski definition) is 19. The third kappa shape index (κ3) is 18.9. The molecule has 23 N–H and O–H groups in total. The third-order valence-electron chi connectivity index (χ3n) is 28.5. The number of nitrogens with one attached hydrogen (secondary N) is 9. The summed E-state index contributed by atoms with van der Waals surface area (Å²) in [5.41, 5.74) is 24.2. The van der Waals surface area contributed by atoms with Gasteiger partial charge in [-0.3, -0.25) is 48.5 Å². The van der Waals surface area contributed by atoms with E-state index in [9.17, 15) is 49.8 Å². The number of hydrogen-bond acceptors (Lipinski definition) is 29. The van der Waals surface area contributed by atoms with E-state index in [1.165, 1.54) is 104 Å². The van der Waals surface area contributed by atoms with Crippen molar-refractivity contribution in [1.29, 1.82) is 0 Å². The van der Waals surface area contributed by atoms with Crippen LogP contribution >= 0.6 is 11.6 Å². The number of fused-ring (bicyclic) bond motifs is 18. The Morgan fingerprint density at radius 2 is 1.44 bits per heavy atom. The molecule has 6 aliphatic carbocycles. The van der Waals surface area contributed by atoms with Gasteiger partial charge in [-0.2, -0.15) is 0 Å². The topological polar surface area (TPSA) is 580 Å². The minimum absolute atomic E-state index is 0.00493. The molecule has 0 radical (unpaired) electrons. The molecular weight excluding hydrogens is 1740 g/mol. The molecule has 3 saturated heterocycles. The van der Waals surface area contributed by atoms with E-state index >= 15 is 24.0 Å². The molecule has 1 spiro atoms. The first kappa shape index (κ1) is 94.1. The molecule has 7 heterocycles. The maximum Gasteiger partial charge on any atom is 0.257 e. The summed E-state index contributed by atoms with van der Waals surface area (Å²) in [5.74, 6) is -11.4. The number of nitrogens with two attached hydrogens (primary N) is 4. The zero-order valence-corrected chi connectivity index (χ0v) is 75.2. The Bertz CT molecular complexity index is 5530. The van der Waals surface area contributed by atoms with Gasteiger partial charge in [0.2, 0.25) is 59.3 Å². The minimum atomic E-state index is -2.29. The molecule has 19 rings (SSSR count). The molecule has 6 aromatic carbocycles. The minimum Gasteiger partial charge on any atom is -0.508 e. The maximum absolute atomic E-state index is 16.7. The summed E-state index contributed by atoms with van der Waals surface area (Å²) in [5, 5.41) is 98.1. The fourth-order valence-electron chi connectivity index (χ4n) is 22.0. The smallest absolute Gasteiger partial charge is 0.257 e. The number of primary amides is 1. The summed E-state index contributed by atoms with van der Waals surface area (Å²) in [6.07, 6.45) is -8.62. The number of halogens is 1. The van der Waals surface area contributed by atoms with Crippen LogP contribution in [0.15, 0.2) is 97.1 Å². The number of carbonyl (C=O) groups is 9. The van der Waals surface area contributed by atoms with Crippen LogP contribution in [0.5, 0.6) is 46.0 Å². The number of benzene rings is 6. The van der Waals surface area contributed by atoms with Crippen LogP contribution < -0.4 is 94.5 Å². The second-order valence-electron chi connectivity index (χ2n) is 38.1. The van der Waals surface area contributed by atoms with Gasteiger partial charge in [-0.25, -0.2) is 0 Å². The Morgan fingerprint density at radius 3 is 2.13 bits per heavy atom. The first-order valence-electron chi connectivity index (χ1n) is 45.5. The number of amides is 9. The van der Waals surface area contributed by atoms with Gasteiger partial charge in [0.15, 0.2) is 29.3 Å². The van der Waals surface area contributed by atoms with E-state index in [0.717, 1.165) is 44.9 Å². The quantitative estimate of drug-likeness (QED) is 0.0365. The number of aliphatic hydroxyl groups excluding tert-OH is 5. The van der Waals surface area contributed by atoms with Gasteiger partial charge in [-0.1, -0.05) is 49.7 Å². The number of imide groups is 1. The van der Waals surface area contributed by atoms with Crippen LogP contribution in [0.25, 0.3) is 11.1 Å². The number of aromatic hydroxyl groups is 1. The summed E-state index contributed by atoms with van der Waals surface area (Å²) in [6, 6.07) is 9.33. The standard InChI is InChI=1S/C95H116ClN13O24/c1-40(2)21-58(101-5)88(120)109-78-79(115)46-11-14-62(41(3)22-46)128-66-28-48-29-67(83(66)133-93-84(73(60-38-102-60)81(117)68(39-110)130-93)132-71-37-94(4,100)85(125-6)82(131-71)43-7-8-43)129-63-15-10-44(26-57(63)96)61(112)34-70(114)104-77(91(123)106-74-49-23-42-24-50-30-56(74)95(50,35-42)36-49)54-31-51(111)32-55-72(54)53-25-45(9-13-52(53)80(55)116)75(86(99)118)107-90(122)76(48)108-89(121)59(103-92(78)124)33-69(113)105-87(119)47-12-16-64(126-19-17-97)65(27-47)127-20-18-98/h9-16,22,25-29,31-32,40,42-43,49-50,56,58-61,68,71,73-82,84-85,93,101-102,110-112,115-117H,7-8,17-21,23-24,30,33-39,97-98,100H2,1-6H3,(H2,99,118)(H,103,124)(H,104,114)(H,106,123)(H,107,122)(H,108,121)(H,109,120)(H,105,113,119). The maximum atomic E-state index is 16.7. The fourth-order valence-corrected chi connectivity index (χ4v) is 22.3. The van der Waals surface area contributed by atoms with E-state index in [2.05, 4.69) is 47.9 Å². The Kier molecular flexibility index (Phi) is 27.0. The summed E-state index contributed by atoms with van der Waals surface area (Å²) >= 11 is 7.39. The zero-order chi connectivity index (χ0) is 94.2. The van der Waals surface area contributed by atoms with E-state index < -0.39 is 211 Å². The van der Waals surface area contributed by atoms with Crippen LogP contribution in [-0.2, 0) is 57.3 Å². The van der Waals surface area contributed by atoms with Gasteiger partial charge in [0.25, 0.3) is 5.91 Å². The van der Waals surface area contributed by atoms with Crippen molar-refractivity contribution >= 4 is 64.8 Å². The van der Waals surface area contributed by atoms with Crippen LogP contribution in [0.3, 0.4) is 0 Å². The molecule has 712 valence electrons. The monoisotopic (exact) mass is 1860 g/mol. The molecule has 6 aromatic rings. The number of phenolic OH excluding ortho intramolecular Hbond substituents is 1. The van der Waals surface area contributed by atoms with Gasteiger partial charge >= 0.3 is 0 Å².